The number of aryl methyl sites for hydroxylation is 3. The first kappa shape index (κ1) is 53.0. The molecule has 1 radical (unpaired) electrons. The highest BCUT2D eigenvalue weighted by molar-refractivity contribution is 7.80. The highest BCUT2D eigenvalue weighted by Gasteiger charge is 2.47. The van der Waals surface area contributed by atoms with Gasteiger partial charge in [0.2, 0.25) is 5.91 Å². The van der Waals surface area contributed by atoms with Gasteiger partial charge in [-0.25, -0.2) is 4.79 Å². The molecule has 8 N–H and O–H groups in total. The number of nitrogens with zero attached hydrogens (tertiary/aromatic N) is 4. The highest BCUT2D eigenvalue weighted by Crippen LogP contribution is 2.43. The topological polar surface area (TPSA) is 266 Å². The second-order valence-corrected chi connectivity index (χ2v) is 20.6. The summed E-state index contributed by atoms with van der Waals surface area (Å²) in [5.74, 6) is -2.85. The monoisotopic (exact) mass is 1040 g/mol. The zero-order valence-corrected chi connectivity index (χ0v) is 43.3. The van der Waals surface area contributed by atoms with E-state index in [2.05, 4.69) is 31.9 Å². The summed E-state index contributed by atoms with van der Waals surface area (Å²) < 4.78 is 10.7. The van der Waals surface area contributed by atoms with Crippen LogP contribution in [0.25, 0.3) is 33.4 Å². The number of hydrogen-bond donors (Lipinski definition) is 8. The number of carboxylic acid groups (broad SMARTS) is 1. The summed E-state index contributed by atoms with van der Waals surface area (Å²) in [6.45, 7) is 7.70. The summed E-state index contributed by atoms with van der Waals surface area (Å²) in [5.41, 5.74) is 1.74. The molecule has 4 amide bonds. The van der Waals surface area contributed by atoms with E-state index >= 15 is 0 Å². The first-order chi connectivity index (χ1) is 35.5. The fourth-order valence-corrected chi connectivity index (χ4v) is 10.2. The van der Waals surface area contributed by atoms with Crippen LogP contribution in [0.5, 0.6) is 5.75 Å². The van der Waals surface area contributed by atoms with Gasteiger partial charge in [-0.2, -0.15) is 0 Å². The average molecular weight is 1040 g/mol. The number of anilines is 3. The molecule has 5 heterocycles. The lowest BCUT2D eigenvalue weighted by atomic mass is 9.79. The van der Waals surface area contributed by atoms with Gasteiger partial charge < -0.3 is 60.2 Å². The Labute approximate surface area is 437 Å². The molecule has 1 atom stereocenters. The van der Waals surface area contributed by atoms with Gasteiger partial charge in [0.05, 0.1) is 16.9 Å². The van der Waals surface area contributed by atoms with Gasteiger partial charge in [0.25, 0.3) is 17.7 Å². The number of aromatic nitrogens is 3. The number of benzene rings is 3. The Bertz CT molecular complexity index is 3390. The van der Waals surface area contributed by atoms with Gasteiger partial charge in [-0.3, -0.25) is 24.0 Å². The maximum absolute atomic E-state index is 14.2. The number of phenols is 1. The molecule has 0 bridgehead atoms. The number of aromatic hydroxyl groups is 1. The number of unbranched alkanes of at least 4 members (excludes halogenated alkanes) is 1. The van der Waals surface area contributed by atoms with E-state index in [4.69, 9.17) is 16.6 Å². The second kappa shape index (κ2) is 21.3. The molecule has 5 aromatic rings. The van der Waals surface area contributed by atoms with E-state index < -0.39 is 40.8 Å². The number of nitrogens with one attached hydrogen (secondary N) is 6. The Hall–Kier alpha value is -8.27. The van der Waals surface area contributed by atoms with E-state index in [0.717, 1.165) is 5.06 Å². The number of amides is 4. The van der Waals surface area contributed by atoms with E-state index in [1.54, 1.807) is 91.3 Å². The molecule has 1 saturated heterocycles. The van der Waals surface area contributed by atoms with Gasteiger partial charge in [-0.1, -0.05) is 6.07 Å². The SMILES string of the molecule is Cn1cccc1C(=O)Nc1cc(C(=O)Nc2cc(C(=O)NC(CCCCNC(=S)Nc3ccc(-c4c5ccc(=O)cc-5oc5cc(O)ccc45)c(C(=O)O)c3)C(=O)NC3CC(C)(C)N([O])C(C)(C)C3)n(C)c2)n(C)c1. The quantitative estimate of drug-likeness (QED) is 0.0270. The summed E-state index contributed by atoms with van der Waals surface area (Å²) in [6.07, 6.45) is 6.92. The first-order valence-corrected chi connectivity index (χ1v) is 24.7. The van der Waals surface area contributed by atoms with Crippen LogP contribution in [-0.2, 0) is 31.1 Å². The molecule has 3 aliphatic rings. The molecule has 0 spiro atoms. The molecule has 21 heteroatoms. The predicted octanol–water partition coefficient (Wildman–Crippen LogP) is 7.23. The Kier molecular flexibility index (Phi) is 15.1. The van der Waals surface area contributed by atoms with Crippen molar-refractivity contribution >= 4 is 75.0 Å². The molecule has 0 saturated carbocycles. The third-order valence-electron chi connectivity index (χ3n) is 13.4. The third-order valence-corrected chi connectivity index (χ3v) is 13.6. The number of hydrogen-bond acceptors (Lipinski definition) is 10. The van der Waals surface area contributed by atoms with Crippen molar-refractivity contribution in [2.24, 2.45) is 21.1 Å². The van der Waals surface area contributed by atoms with E-state index in [9.17, 15) is 44.2 Å². The standard InChI is InChI=1S/C54H59N10O10S/c1-53(2)26-33(27-54(3,4)64(53)73)58-47(67)40(60-50(70)43-23-32(29-63(43)7)57-49(69)42-22-31(28-62(42)6)56-48(68)41-12-10-20-61(41)5)11-8-9-19-55-52(75)59-30-13-16-36(39(21-30)51(71)72)46-37-17-14-34(65)24-44(37)74-45-25-35(66)15-18-38(45)46/h10,12-18,20-25,28-29,33,40,65H,8-9,11,19,26-27H2,1-7H3,(H,56,68)(H,57,69)(H,58,67)(H,60,70)(H,71,72)(H2,55,59,75). The normalized spacial score (nSPS) is 14.8. The van der Waals surface area contributed by atoms with Gasteiger partial charge in [0.15, 0.2) is 10.5 Å². The Morgan fingerprint density at radius 1 is 0.747 bits per heavy atom. The van der Waals surface area contributed by atoms with E-state index in [-0.39, 0.29) is 63.0 Å². The largest absolute Gasteiger partial charge is 0.508 e. The van der Waals surface area contributed by atoms with Gasteiger partial charge >= 0.3 is 5.97 Å². The number of phenolic OH excluding ortho intramolecular Hbond substituents is 1. The molecular formula is C54H59N10O10S. The lowest BCUT2D eigenvalue weighted by Crippen LogP contribution is -2.63. The fourth-order valence-electron chi connectivity index (χ4n) is 9.99. The van der Waals surface area contributed by atoms with Crippen LogP contribution in [0.4, 0.5) is 17.1 Å². The number of rotatable bonds is 16. The number of fused-ring (bicyclic) bond motifs is 2. The Morgan fingerprint density at radius 3 is 2.03 bits per heavy atom. The molecule has 2 aromatic carbocycles. The maximum atomic E-state index is 14.2. The van der Waals surface area contributed by atoms with Crippen LogP contribution in [0.1, 0.15) is 102 Å². The number of carbonyl (C=O) groups is 5. The number of hydroxylamine groups is 2. The first-order valence-electron chi connectivity index (χ1n) is 24.3. The van der Waals surface area contributed by atoms with Crippen molar-refractivity contribution in [1.29, 1.82) is 0 Å². The molecular weight excluding hydrogens is 981 g/mol. The van der Waals surface area contributed by atoms with Crippen LogP contribution in [0.15, 0.2) is 107 Å². The van der Waals surface area contributed by atoms with Crippen molar-refractivity contribution in [3.05, 3.63) is 130 Å². The van der Waals surface area contributed by atoms with Crippen LogP contribution in [0.2, 0.25) is 0 Å². The van der Waals surface area contributed by atoms with Crippen molar-refractivity contribution in [2.45, 2.75) is 83.0 Å². The molecule has 391 valence electrons. The number of thiocarbonyl (C=S) groups is 1. The lowest BCUT2D eigenvalue weighted by molar-refractivity contribution is -0.290. The number of carbonyl (C=O) groups excluding carboxylic acids is 4. The summed E-state index contributed by atoms with van der Waals surface area (Å²) in [6, 6.07) is 18.6. The van der Waals surface area contributed by atoms with Crippen molar-refractivity contribution in [2.75, 3.05) is 22.5 Å². The second-order valence-electron chi connectivity index (χ2n) is 20.2. The van der Waals surface area contributed by atoms with Gasteiger partial charge in [-0.15, -0.1) is 10.3 Å². The zero-order valence-electron chi connectivity index (χ0n) is 42.5. The molecule has 8 rings (SSSR count). The van der Waals surface area contributed by atoms with Crippen LogP contribution in [0.3, 0.4) is 0 Å². The Morgan fingerprint density at radius 2 is 1.39 bits per heavy atom. The van der Waals surface area contributed by atoms with Crippen molar-refractivity contribution in [3.63, 3.8) is 0 Å². The molecule has 1 fully saturated rings. The molecule has 1 aliphatic carbocycles. The van der Waals surface area contributed by atoms with E-state index in [1.165, 1.54) is 41.0 Å². The molecule has 75 heavy (non-hydrogen) atoms. The van der Waals surface area contributed by atoms with Gasteiger partial charge in [0.1, 0.15) is 40.2 Å². The molecule has 3 aromatic heterocycles. The van der Waals surface area contributed by atoms with E-state index in [0.29, 0.717) is 77.1 Å². The van der Waals surface area contributed by atoms with Crippen molar-refractivity contribution in [3.8, 4) is 28.2 Å². The minimum atomic E-state index is -1.22. The minimum absolute atomic E-state index is 0.0578. The average Bonchev–Trinajstić information content (AvgIpc) is 4.05. The van der Waals surface area contributed by atoms with Gasteiger partial charge in [-0.05, 0) is 138 Å². The maximum Gasteiger partial charge on any atom is 0.336 e. The van der Waals surface area contributed by atoms with Crippen molar-refractivity contribution < 1.29 is 43.8 Å². The number of carboxylic acids is 1. The molecule has 1 unspecified atom stereocenters. The van der Waals surface area contributed by atoms with Crippen LogP contribution >= 0.6 is 12.2 Å². The lowest BCUT2D eigenvalue weighted by Gasteiger charge is -2.50. The molecule has 2 aliphatic heterocycles. The summed E-state index contributed by atoms with van der Waals surface area (Å²) >= 11 is 5.59. The highest BCUT2D eigenvalue weighted by atomic mass is 32.1. The summed E-state index contributed by atoms with van der Waals surface area (Å²) in [7, 11) is 5.06. The third kappa shape index (κ3) is 11.8. The van der Waals surface area contributed by atoms with Crippen LogP contribution < -0.4 is 37.3 Å². The smallest absolute Gasteiger partial charge is 0.336 e. The van der Waals surface area contributed by atoms with Crippen molar-refractivity contribution in [1.82, 2.24) is 34.7 Å². The predicted molar refractivity (Wildman–Crippen MR) is 286 cm³/mol. The summed E-state index contributed by atoms with van der Waals surface area (Å²) in [4.78, 5) is 79.5. The minimum Gasteiger partial charge on any atom is -0.508 e. The number of aromatic carboxylic acids is 1. The fraction of sp³-hybridized carbons (Fsp3) is 0.315. The zero-order chi connectivity index (χ0) is 54.1. The van der Waals surface area contributed by atoms with E-state index in [1.807, 2.05) is 27.7 Å². The van der Waals surface area contributed by atoms with Gasteiger partial charge in [0, 0.05) is 97.7 Å². The summed E-state index contributed by atoms with van der Waals surface area (Å²) in [5, 5.41) is 53.3. The Balaban J connectivity index is 0.916. The number of piperidine rings is 1. The molecule has 20 nitrogen and oxygen atoms in total. The van der Waals surface area contributed by atoms with Crippen LogP contribution in [-0.4, -0.2) is 93.4 Å². The van der Waals surface area contributed by atoms with Crippen LogP contribution in [0, 0.1) is 0 Å².